The normalized spacial score (nSPS) is 40.1. The first-order chi connectivity index (χ1) is 14.9. The summed E-state index contributed by atoms with van der Waals surface area (Å²) in [6.07, 6.45) is 15.5. The molecule has 3 aliphatic rings. The van der Waals surface area contributed by atoms with Crippen LogP contribution in [0.4, 0.5) is 0 Å². The molecule has 32 heavy (non-hydrogen) atoms. The van der Waals surface area contributed by atoms with E-state index in [9.17, 15) is 25.9 Å². The average molecular weight is 491 g/mol. The third kappa shape index (κ3) is 7.11. The fourth-order valence-electron chi connectivity index (χ4n) is 5.62. The smallest absolute Gasteiger partial charge is 0.268 e. The van der Waals surface area contributed by atoms with Gasteiger partial charge < -0.3 is 11.5 Å². The molecule has 0 bridgehead atoms. The average Bonchev–Trinajstić information content (AvgIpc) is 2.71. The summed E-state index contributed by atoms with van der Waals surface area (Å²) in [4.78, 5) is 0. The van der Waals surface area contributed by atoms with Gasteiger partial charge in [-0.1, -0.05) is 24.3 Å². The number of allylic oxidation sites excluding steroid dienone is 4. The van der Waals surface area contributed by atoms with Crippen LogP contribution >= 0.6 is 0 Å². The summed E-state index contributed by atoms with van der Waals surface area (Å²) in [5.74, 6) is 0.348. The first kappa shape index (κ1) is 25.8. The summed E-state index contributed by atoms with van der Waals surface area (Å²) in [6, 6.07) is -0.372. The highest BCUT2D eigenvalue weighted by atomic mass is 32.2. The van der Waals surface area contributed by atoms with E-state index in [1.54, 1.807) is 0 Å². The molecule has 184 valence electrons. The fourth-order valence-corrected chi connectivity index (χ4v) is 7.94. The molecular formula is C22H38N2O6S2. The molecule has 10 heteroatoms. The third-order valence-corrected chi connectivity index (χ3v) is 10.2. The second-order valence-electron chi connectivity index (χ2n) is 10.0. The van der Waals surface area contributed by atoms with Gasteiger partial charge in [0.1, 0.15) is 0 Å². The van der Waals surface area contributed by atoms with Crippen molar-refractivity contribution in [1.29, 1.82) is 0 Å². The molecule has 0 saturated heterocycles. The molecule has 8 nitrogen and oxygen atoms in total. The quantitative estimate of drug-likeness (QED) is 0.326. The van der Waals surface area contributed by atoms with Crippen LogP contribution in [0.5, 0.6) is 0 Å². The van der Waals surface area contributed by atoms with Gasteiger partial charge in [-0.05, 0) is 87.9 Å². The van der Waals surface area contributed by atoms with Crippen LogP contribution in [0.15, 0.2) is 24.3 Å². The zero-order valence-electron chi connectivity index (χ0n) is 18.5. The van der Waals surface area contributed by atoms with E-state index in [0.29, 0.717) is 37.5 Å². The first-order valence-electron chi connectivity index (χ1n) is 11.7. The zero-order valence-corrected chi connectivity index (χ0v) is 20.1. The van der Waals surface area contributed by atoms with Gasteiger partial charge in [0, 0.05) is 12.1 Å². The topological polar surface area (TPSA) is 161 Å². The van der Waals surface area contributed by atoms with E-state index in [1.807, 2.05) is 12.2 Å². The maximum Gasteiger partial charge on any atom is 0.268 e. The molecule has 6 unspecified atom stereocenters. The lowest BCUT2D eigenvalue weighted by Gasteiger charge is -2.32. The summed E-state index contributed by atoms with van der Waals surface area (Å²) in [6.45, 7) is 0. The van der Waals surface area contributed by atoms with Crippen molar-refractivity contribution in [3.8, 4) is 0 Å². The van der Waals surface area contributed by atoms with E-state index < -0.39 is 30.7 Å². The second-order valence-corrected chi connectivity index (χ2v) is 13.3. The van der Waals surface area contributed by atoms with Gasteiger partial charge in [0.2, 0.25) is 0 Å². The highest BCUT2D eigenvalue weighted by Gasteiger charge is 2.37. The lowest BCUT2D eigenvalue weighted by Crippen LogP contribution is -2.40. The molecule has 0 aromatic carbocycles. The largest absolute Gasteiger partial charge is 0.328 e. The Bertz CT molecular complexity index is 819. The third-order valence-electron chi connectivity index (χ3n) is 7.61. The summed E-state index contributed by atoms with van der Waals surface area (Å²) < 4.78 is 66.1. The molecule has 3 fully saturated rings. The van der Waals surface area contributed by atoms with Crippen molar-refractivity contribution in [2.45, 2.75) is 86.8 Å². The van der Waals surface area contributed by atoms with Gasteiger partial charge in [-0.3, -0.25) is 9.11 Å². The molecule has 3 rings (SSSR count). The van der Waals surface area contributed by atoms with Crippen molar-refractivity contribution in [3.05, 3.63) is 24.3 Å². The number of hydrogen-bond donors (Lipinski definition) is 4. The predicted molar refractivity (Wildman–Crippen MR) is 125 cm³/mol. The van der Waals surface area contributed by atoms with Crippen LogP contribution in [0, 0.1) is 23.7 Å². The van der Waals surface area contributed by atoms with Crippen LogP contribution in [0.2, 0.25) is 0 Å². The maximum atomic E-state index is 11.7. The van der Waals surface area contributed by atoms with Crippen molar-refractivity contribution in [2.75, 3.05) is 0 Å². The molecule has 3 aliphatic carbocycles. The van der Waals surface area contributed by atoms with E-state index in [4.69, 9.17) is 11.5 Å². The Balaban J connectivity index is 1.52. The summed E-state index contributed by atoms with van der Waals surface area (Å²) in [7, 11) is -8.23. The predicted octanol–water partition coefficient (Wildman–Crippen LogP) is 2.67. The molecule has 6 N–H and O–H groups in total. The minimum atomic E-state index is -4.12. The Morgan fingerprint density at radius 1 is 0.562 bits per heavy atom. The van der Waals surface area contributed by atoms with Gasteiger partial charge in [-0.2, -0.15) is 16.8 Å². The van der Waals surface area contributed by atoms with Crippen molar-refractivity contribution in [3.63, 3.8) is 0 Å². The monoisotopic (exact) mass is 490 g/mol. The Hall–Kier alpha value is -0.780. The Kier molecular flexibility index (Phi) is 8.60. The highest BCUT2D eigenvalue weighted by molar-refractivity contribution is 7.86. The Labute approximate surface area is 192 Å². The zero-order chi connectivity index (χ0) is 23.5. The fraction of sp³-hybridized carbons (Fsp3) is 0.818. The second kappa shape index (κ2) is 10.7. The Morgan fingerprint density at radius 3 is 1.22 bits per heavy atom. The van der Waals surface area contributed by atoms with Crippen molar-refractivity contribution < 1.29 is 25.9 Å². The van der Waals surface area contributed by atoms with Crippen LogP contribution in [0.1, 0.15) is 64.2 Å². The van der Waals surface area contributed by atoms with Crippen molar-refractivity contribution in [2.24, 2.45) is 35.1 Å². The van der Waals surface area contributed by atoms with E-state index in [0.717, 1.165) is 38.5 Å². The molecule has 6 atom stereocenters. The van der Waals surface area contributed by atoms with Gasteiger partial charge in [0.25, 0.3) is 20.2 Å². The van der Waals surface area contributed by atoms with Crippen LogP contribution in [0.25, 0.3) is 0 Å². The van der Waals surface area contributed by atoms with Crippen LogP contribution in [-0.4, -0.2) is 48.5 Å². The van der Waals surface area contributed by atoms with E-state index in [-0.39, 0.29) is 23.9 Å². The van der Waals surface area contributed by atoms with E-state index in [1.165, 1.54) is 0 Å². The van der Waals surface area contributed by atoms with Crippen molar-refractivity contribution in [1.82, 2.24) is 0 Å². The van der Waals surface area contributed by atoms with Crippen molar-refractivity contribution >= 4 is 20.2 Å². The van der Waals surface area contributed by atoms with Crippen LogP contribution in [0.3, 0.4) is 0 Å². The van der Waals surface area contributed by atoms with Crippen LogP contribution < -0.4 is 11.5 Å². The molecule has 0 aromatic heterocycles. The summed E-state index contributed by atoms with van der Waals surface area (Å²) in [5.41, 5.74) is 11.8. The van der Waals surface area contributed by atoms with E-state index in [2.05, 4.69) is 12.2 Å². The molecule has 0 spiro atoms. The van der Waals surface area contributed by atoms with E-state index >= 15 is 0 Å². The van der Waals surface area contributed by atoms with Gasteiger partial charge in [-0.15, -0.1) is 0 Å². The first-order valence-corrected chi connectivity index (χ1v) is 14.7. The van der Waals surface area contributed by atoms with Crippen LogP contribution in [-0.2, 0) is 20.2 Å². The van der Waals surface area contributed by atoms with Gasteiger partial charge in [0.15, 0.2) is 0 Å². The minimum absolute atomic E-state index is 0.186. The minimum Gasteiger partial charge on any atom is -0.328 e. The lowest BCUT2D eigenvalue weighted by atomic mass is 9.79. The SMILES string of the molecule is NC1CCC(C=CC2CCC(C=CC3CCC(N)CC3S(=O)(=O)O)CC2)C(S(=O)(=O)O)C1. The highest BCUT2D eigenvalue weighted by Crippen LogP contribution is 2.35. The standard InChI is InChI=1S/C22H38N2O6S2/c23-19-11-9-17(21(13-19)31(25,26)27)7-5-15-1-2-16(4-3-15)6-8-18-10-12-20(24)14-22(18)32(28,29)30/h5-8,15-22H,1-4,9-14,23-24H2,(H,25,26,27)(H,28,29,30). The lowest BCUT2D eigenvalue weighted by molar-refractivity contribution is 0.335. The van der Waals surface area contributed by atoms with Gasteiger partial charge >= 0.3 is 0 Å². The molecule has 0 amide bonds. The molecular weight excluding hydrogens is 452 g/mol. The molecule has 0 radical (unpaired) electrons. The summed E-state index contributed by atoms with van der Waals surface area (Å²) >= 11 is 0. The number of hydrogen-bond acceptors (Lipinski definition) is 6. The Morgan fingerprint density at radius 2 is 0.906 bits per heavy atom. The van der Waals surface area contributed by atoms with Gasteiger partial charge in [-0.25, -0.2) is 0 Å². The number of nitrogens with two attached hydrogens (primary N) is 2. The molecule has 3 saturated carbocycles. The van der Waals surface area contributed by atoms with Gasteiger partial charge in [0.05, 0.1) is 10.5 Å². The summed E-state index contributed by atoms with van der Waals surface area (Å²) in [5, 5.41) is -1.64. The molecule has 0 aliphatic heterocycles. The molecule has 0 aromatic rings. The number of rotatable bonds is 6. The molecule has 0 heterocycles. The maximum absolute atomic E-state index is 11.7.